The van der Waals surface area contributed by atoms with E-state index in [1.807, 2.05) is 6.92 Å². The number of carbonyl (C=O) groups is 2. The number of Topliss-reactive ketones (excluding diaryl/α,β-unsaturated/α-hetero) is 1. The summed E-state index contributed by atoms with van der Waals surface area (Å²) < 4.78 is 4.88. The maximum Gasteiger partial charge on any atom is 0.302 e. The first kappa shape index (κ1) is 11.1. The lowest BCUT2D eigenvalue weighted by atomic mass is 10.0. The van der Waals surface area contributed by atoms with E-state index in [0.29, 0.717) is 6.42 Å². The maximum absolute atomic E-state index is 10.8. The first-order valence-electron chi connectivity index (χ1n) is 4.11. The standard InChI is InChI=1S/C9H16O3/c1-6(8(3)10)5-7(2)12-9(4)11/h6-7H,5H2,1-4H3/t6-,7+/m1/s1. The van der Waals surface area contributed by atoms with E-state index in [9.17, 15) is 9.59 Å². The molecule has 0 fully saturated rings. The molecule has 0 aromatic carbocycles. The van der Waals surface area contributed by atoms with Crippen molar-refractivity contribution in [3.63, 3.8) is 0 Å². The Morgan fingerprint density at radius 3 is 2.08 bits per heavy atom. The summed E-state index contributed by atoms with van der Waals surface area (Å²) in [5.74, 6) is -0.188. The lowest BCUT2D eigenvalue weighted by Crippen LogP contribution is -2.18. The average molecular weight is 172 g/mol. The molecular formula is C9H16O3. The van der Waals surface area contributed by atoms with Gasteiger partial charge in [0, 0.05) is 12.8 Å². The summed E-state index contributed by atoms with van der Waals surface area (Å²) in [6.07, 6.45) is 0.441. The van der Waals surface area contributed by atoms with Gasteiger partial charge in [0.05, 0.1) is 6.10 Å². The van der Waals surface area contributed by atoms with Crippen LogP contribution in [0.15, 0.2) is 0 Å². The van der Waals surface area contributed by atoms with Gasteiger partial charge in [0.15, 0.2) is 0 Å². The van der Waals surface area contributed by atoms with Crippen LogP contribution < -0.4 is 0 Å². The van der Waals surface area contributed by atoms with Crippen molar-refractivity contribution in [2.24, 2.45) is 5.92 Å². The van der Waals surface area contributed by atoms with E-state index in [2.05, 4.69) is 0 Å². The van der Waals surface area contributed by atoms with Crippen LogP contribution in [0.25, 0.3) is 0 Å². The van der Waals surface area contributed by atoms with Crippen LogP contribution in [0.5, 0.6) is 0 Å². The van der Waals surface area contributed by atoms with E-state index in [1.54, 1.807) is 13.8 Å². The molecule has 0 aromatic rings. The Labute approximate surface area is 73.1 Å². The van der Waals surface area contributed by atoms with E-state index >= 15 is 0 Å². The summed E-state index contributed by atoms with van der Waals surface area (Å²) in [6.45, 7) is 6.54. The monoisotopic (exact) mass is 172 g/mol. The Hall–Kier alpha value is -0.860. The Morgan fingerprint density at radius 1 is 1.25 bits per heavy atom. The molecule has 2 atom stereocenters. The van der Waals surface area contributed by atoms with Gasteiger partial charge in [-0.05, 0) is 20.3 Å². The van der Waals surface area contributed by atoms with Crippen molar-refractivity contribution in [2.75, 3.05) is 0 Å². The van der Waals surface area contributed by atoms with Crippen LogP contribution in [-0.4, -0.2) is 17.9 Å². The number of ketones is 1. The van der Waals surface area contributed by atoms with Crippen LogP contribution in [0.3, 0.4) is 0 Å². The van der Waals surface area contributed by atoms with Crippen LogP contribution in [0, 0.1) is 5.92 Å². The SMILES string of the molecule is CC(=O)O[C@@H](C)C[C@@H](C)C(C)=O. The van der Waals surface area contributed by atoms with Gasteiger partial charge < -0.3 is 4.74 Å². The third-order valence-corrected chi connectivity index (χ3v) is 1.75. The minimum atomic E-state index is -0.293. The van der Waals surface area contributed by atoms with Gasteiger partial charge >= 0.3 is 5.97 Å². The molecule has 0 aliphatic carbocycles. The minimum absolute atomic E-state index is 0.0284. The fourth-order valence-electron chi connectivity index (χ4n) is 0.995. The predicted molar refractivity (Wildman–Crippen MR) is 45.7 cm³/mol. The zero-order chi connectivity index (χ0) is 9.72. The normalized spacial score (nSPS) is 15.0. The van der Waals surface area contributed by atoms with Gasteiger partial charge in [-0.1, -0.05) is 6.92 Å². The second-order valence-electron chi connectivity index (χ2n) is 3.17. The molecule has 0 saturated heterocycles. The summed E-state index contributed by atoms with van der Waals surface area (Å²) in [6, 6.07) is 0. The molecule has 0 unspecified atom stereocenters. The van der Waals surface area contributed by atoms with Gasteiger partial charge in [-0.3, -0.25) is 9.59 Å². The lowest BCUT2D eigenvalue weighted by Gasteiger charge is -2.14. The summed E-state index contributed by atoms with van der Waals surface area (Å²) in [7, 11) is 0. The van der Waals surface area contributed by atoms with Gasteiger partial charge in [0.25, 0.3) is 0 Å². The van der Waals surface area contributed by atoms with Crippen molar-refractivity contribution in [1.29, 1.82) is 0 Å². The number of carbonyl (C=O) groups excluding carboxylic acids is 2. The summed E-state index contributed by atoms with van der Waals surface area (Å²) in [5, 5.41) is 0. The van der Waals surface area contributed by atoms with Crippen molar-refractivity contribution in [3.8, 4) is 0 Å². The lowest BCUT2D eigenvalue weighted by molar-refractivity contribution is -0.146. The molecule has 0 aromatic heterocycles. The van der Waals surface area contributed by atoms with Crippen LogP contribution in [0.2, 0.25) is 0 Å². The first-order valence-corrected chi connectivity index (χ1v) is 4.11. The molecule has 0 bridgehead atoms. The van der Waals surface area contributed by atoms with E-state index in [1.165, 1.54) is 6.92 Å². The highest BCUT2D eigenvalue weighted by atomic mass is 16.5. The fourth-order valence-corrected chi connectivity index (χ4v) is 0.995. The molecule has 3 nitrogen and oxygen atoms in total. The maximum atomic E-state index is 10.8. The van der Waals surface area contributed by atoms with Crippen molar-refractivity contribution >= 4 is 11.8 Å². The third-order valence-electron chi connectivity index (χ3n) is 1.75. The Bertz CT molecular complexity index is 175. The molecule has 0 amide bonds. The van der Waals surface area contributed by atoms with Gasteiger partial charge in [0.2, 0.25) is 0 Å². The fraction of sp³-hybridized carbons (Fsp3) is 0.778. The van der Waals surface area contributed by atoms with Crippen molar-refractivity contribution in [3.05, 3.63) is 0 Å². The van der Waals surface area contributed by atoms with Crippen LogP contribution in [0.4, 0.5) is 0 Å². The van der Waals surface area contributed by atoms with E-state index < -0.39 is 0 Å². The van der Waals surface area contributed by atoms with E-state index in [4.69, 9.17) is 4.74 Å². The number of hydrogen-bond acceptors (Lipinski definition) is 3. The summed E-state index contributed by atoms with van der Waals surface area (Å²) in [5.41, 5.74) is 0. The Balaban J connectivity index is 3.76. The molecule has 12 heavy (non-hydrogen) atoms. The van der Waals surface area contributed by atoms with Gasteiger partial charge in [-0.2, -0.15) is 0 Å². The van der Waals surface area contributed by atoms with Crippen molar-refractivity contribution < 1.29 is 14.3 Å². The minimum Gasteiger partial charge on any atom is -0.463 e. The van der Waals surface area contributed by atoms with Gasteiger partial charge in [-0.15, -0.1) is 0 Å². The smallest absolute Gasteiger partial charge is 0.302 e. The molecule has 0 radical (unpaired) electrons. The molecule has 0 N–H and O–H groups in total. The molecule has 0 rings (SSSR count). The third kappa shape index (κ3) is 4.88. The number of ether oxygens (including phenoxy) is 1. The molecule has 70 valence electrons. The molecular weight excluding hydrogens is 156 g/mol. The quantitative estimate of drug-likeness (QED) is 0.604. The predicted octanol–water partition coefficient (Wildman–Crippen LogP) is 1.55. The van der Waals surface area contributed by atoms with Crippen LogP contribution >= 0.6 is 0 Å². The zero-order valence-corrected chi connectivity index (χ0v) is 8.09. The summed E-state index contributed by atoms with van der Waals surface area (Å²) in [4.78, 5) is 21.3. The molecule has 0 aliphatic heterocycles. The number of hydrogen-bond donors (Lipinski definition) is 0. The topological polar surface area (TPSA) is 43.4 Å². The highest BCUT2D eigenvalue weighted by Crippen LogP contribution is 2.09. The Kier molecular flexibility index (Phi) is 4.55. The zero-order valence-electron chi connectivity index (χ0n) is 8.09. The average Bonchev–Trinajstić information content (AvgIpc) is 1.84. The Morgan fingerprint density at radius 2 is 1.75 bits per heavy atom. The molecule has 0 saturated carbocycles. The van der Waals surface area contributed by atoms with E-state index in [0.717, 1.165) is 0 Å². The molecule has 0 heterocycles. The van der Waals surface area contributed by atoms with Gasteiger partial charge in [-0.25, -0.2) is 0 Å². The highest BCUT2D eigenvalue weighted by Gasteiger charge is 2.13. The van der Waals surface area contributed by atoms with Crippen molar-refractivity contribution in [2.45, 2.75) is 40.2 Å². The number of rotatable bonds is 4. The van der Waals surface area contributed by atoms with Gasteiger partial charge in [0.1, 0.15) is 5.78 Å². The van der Waals surface area contributed by atoms with Crippen LogP contribution in [0.1, 0.15) is 34.1 Å². The second-order valence-corrected chi connectivity index (χ2v) is 3.17. The van der Waals surface area contributed by atoms with Crippen molar-refractivity contribution in [1.82, 2.24) is 0 Å². The van der Waals surface area contributed by atoms with E-state index in [-0.39, 0.29) is 23.8 Å². The largest absolute Gasteiger partial charge is 0.463 e. The second kappa shape index (κ2) is 4.91. The van der Waals surface area contributed by atoms with Crippen LogP contribution in [-0.2, 0) is 14.3 Å². The summed E-state index contributed by atoms with van der Waals surface area (Å²) >= 11 is 0. The number of esters is 1. The first-order chi connectivity index (χ1) is 5.43. The molecule has 3 heteroatoms. The molecule has 0 spiro atoms. The molecule has 0 aliphatic rings. The highest BCUT2D eigenvalue weighted by molar-refractivity contribution is 5.77.